The molecule has 2 aromatic carbocycles. The molecule has 1 saturated carbocycles. The molecule has 1 aliphatic carbocycles. The van der Waals surface area contributed by atoms with Crippen LogP contribution in [0, 0.1) is 0 Å². The van der Waals surface area contributed by atoms with E-state index in [1.807, 2.05) is 6.07 Å². The van der Waals surface area contributed by atoms with Gasteiger partial charge in [0.2, 0.25) is 0 Å². The molecule has 1 fully saturated rings. The number of carbonyl (C=O) groups is 1. The standard InChI is InChI=1S/C21H26N2O4S/c24-21(22-17-8-4-1-2-5-9-17)16-27-19-12-14-20(15-13-19)28(25,26)23-18-10-6-3-7-11-18/h3,6-7,10-15,17,23H,1-2,4-5,8-9,16H2,(H,22,24). The minimum atomic E-state index is -3.67. The van der Waals surface area contributed by atoms with Gasteiger partial charge in [0.1, 0.15) is 5.75 Å². The zero-order chi connectivity index (χ0) is 19.8. The van der Waals surface area contributed by atoms with E-state index in [1.54, 1.807) is 36.4 Å². The van der Waals surface area contributed by atoms with Gasteiger partial charge in [-0.15, -0.1) is 0 Å². The van der Waals surface area contributed by atoms with Gasteiger partial charge in [0.15, 0.2) is 6.61 Å². The summed E-state index contributed by atoms with van der Waals surface area (Å²) in [5, 5.41) is 3.02. The summed E-state index contributed by atoms with van der Waals surface area (Å²) in [6.07, 6.45) is 6.81. The molecule has 2 aromatic rings. The first-order valence-electron chi connectivity index (χ1n) is 9.63. The van der Waals surface area contributed by atoms with E-state index in [0.29, 0.717) is 11.4 Å². The van der Waals surface area contributed by atoms with Gasteiger partial charge >= 0.3 is 0 Å². The number of nitrogens with one attached hydrogen (secondary N) is 2. The van der Waals surface area contributed by atoms with Gasteiger partial charge in [-0.2, -0.15) is 0 Å². The molecule has 2 N–H and O–H groups in total. The summed E-state index contributed by atoms with van der Waals surface area (Å²) in [6, 6.07) is 15.0. The molecular formula is C21H26N2O4S. The summed E-state index contributed by atoms with van der Waals surface area (Å²) in [7, 11) is -3.67. The van der Waals surface area contributed by atoms with E-state index in [-0.39, 0.29) is 23.5 Å². The molecule has 0 heterocycles. The normalized spacial score (nSPS) is 15.4. The van der Waals surface area contributed by atoms with Gasteiger partial charge in [-0.25, -0.2) is 8.42 Å². The molecule has 0 aromatic heterocycles. The summed E-state index contributed by atoms with van der Waals surface area (Å²) in [6.45, 7) is -0.0785. The SMILES string of the molecule is O=C(COc1ccc(S(=O)(=O)Nc2ccccc2)cc1)NC1CCCCCC1. The minimum Gasteiger partial charge on any atom is -0.484 e. The van der Waals surface area contributed by atoms with Crippen molar-refractivity contribution in [2.24, 2.45) is 0 Å². The van der Waals surface area contributed by atoms with Crippen LogP contribution in [0.1, 0.15) is 38.5 Å². The Labute approximate surface area is 166 Å². The Morgan fingerprint density at radius 3 is 2.21 bits per heavy atom. The lowest BCUT2D eigenvalue weighted by Crippen LogP contribution is -2.37. The first-order chi connectivity index (χ1) is 13.5. The largest absolute Gasteiger partial charge is 0.484 e. The maximum Gasteiger partial charge on any atom is 0.261 e. The zero-order valence-electron chi connectivity index (χ0n) is 15.8. The van der Waals surface area contributed by atoms with E-state index >= 15 is 0 Å². The fourth-order valence-electron chi connectivity index (χ4n) is 3.28. The third-order valence-corrected chi connectivity index (χ3v) is 6.15. The highest BCUT2D eigenvalue weighted by atomic mass is 32.2. The second-order valence-electron chi connectivity index (χ2n) is 6.99. The maximum absolute atomic E-state index is 12.4. The predicted octanol–water partition coefficient (Wildman–Crippen LogP) is 3.71. The highest BCUT2D eigenvalue weighted by Gasteiger charge is 2.16. The number of ether oxygens (including phenoxy) is 1. The van der Waals surface area contributed by atoms with Gasteiger partial charge in [-0.1, -0.05) is 43.9 Å². The Kier molecular flexibility index (Phi) is 6.92. The second-order valence-corrected chi connectivity index (χ2v) is 8.67. The van der Waals surface area contributed by atoms with Crippen molar-refractivity contribution in [2.75, 3.05) is 11.3 Å². The van der Waals surface area contributed by atoms with Crippen LogP contribution in [0.25, 0.3) is 0 Å². The van der Waals surface area contributed by atoms with Crippen LogP contribution in [0.5, 0.6) is 5.75 Å². The smallest absolute Gasteiger partial charge is 0.261 e. The molecule has 0 aliphatic heterocycles. The van der Waals surface area contributed by atoms with Crippen molar-refractivity contribution in [2.45, 2.75) is 49.5 Å². The monoisotopic (exact) mass is 402 g/mol. The number of sulfonamides is 1. The molecule has 28 heavy (non-hydrogen) atoms. The van der Waals surface area contributed by atoms with Crippen molar-refractivity contribution in [3.05, 3.63) is 54.6 Å². The summed E-state index contributed by atoms with van der Waals surface area (Å²) in [4.78, 5) is 12.2. The molecule has 6 nitrogen and oxygen atoms in total. The Hall–Kier alpha value is -2.54. The second kappa shape index (κ2) is 9.59. The van der Waals surface area contributed by atoms with Gasteiger partial charge < -0.3 is 10.1 Å². The van der Waals surface area contributed by atoms with Crippen molar-refractivity contribution < 1.29 is 17.9 Å². The van der Waals surface area contributed by atoms with Crippen molar-refractivity contribution in [3.63, 3.8) is 0 Å². The Balaban J connectivity index is 1.51. The van der Waals surface area contributed by atoms with Gasteiger partial charge in [-0.05, 0) is 49.2 Å². The predicted molar refractivity (Wildman–Crippen MR) is 109 cm³/mol. The molecule has 150 valence electrons. The number of benzene rings is 2. The van der Waals surface area contributed by atoms with Crippen molar-refractivity contribution in [3.8, 4) is 5.75 Å². The van der Waals surface area contributed by atoms with E-state index in [2.05, 4.69) is 10.0 Å². The number of rotatable bonds is 7. The van der Waals surface area contributed by atoms with E-state index in [4.69, 9.17) is 4.74 Å². The Bertz CT molecular complexity index is 859. The summed E-state index contributed by atoms with van der Waals surface area (Å²) in [5.41, 5.74) is 0.498. The molecule has 3 rings (SSSR count). The van der Waals surface area contributed by atoms with E-state index in [0.717, 1.165) is 25.7 Å². The quantitative estimate of drug-likeness (QED) is 0.692. The van der Waals surface area contributed by atoms with Gasteiger partial charge in [0, 0.05) is 11.7 Å². The van der Waals surface area contributed by atoms with Crippen molar-refractivity contribution in [1.82, 2.24) is 5.32 Å². The van der Waals surface area contributed by atoms with Crippen LogP contribution >= 0.6 is 0 Å². The van der Waals surface area contributed by atoms with Gasteiger partial charge in [-0.3, -0.25) is 9.52 Å². The molecule has 1 aliphatic rings. The minimum absolute atomic E-state index is 0.0785. The first-order valence-corrected chi connectivity index (χ1v) is 11.1. The fourth-order valence-corrected chi connectivity index (χ4v) is 4.34. The molecule has 0 bridgehead atoms. The Morgan fingerprint density at radius 1 is 0.929 bits per heavy atom. The number of amides is 1. The van der Waals surface area contributed by atoms with E-state index in [9.17, 15) is 13.2 Å². The highest BCUT2D eigenvalue weighted by Crippen LogP contribution is 2.20. The lowest BCUT2D eigenvalue weighted by molar-refractivity contribution is -0.123. The highest BCUT2D eigenvalue weighted by molar-refractivity contribution is 7.92. The number of hydrogen-bond donors (Lipinski definition) is 2. The lowest BCUT2D eigenvalue weighted by Gasteiger charge is -2.16. The zero-order valence-corrected chi connectivity index (χ0v) is 16.6. The van der Waals surface area contributed by atoms with Crippen LogP contribution in [-0.2, 0) is 14.8 Å². The van der Waals surface area contributed by atoms with Crippen LogP contribution in [0.4, 0.5) is 5.69 Å². The molecule has 0 atom stereocenters. The number of hydrogen-bond acceptors (Lipinski definition) is 4. The number of carbonyl (C=O) groups excluding carboxylic acids is 1. The lowest BCUT2D eigenvalue weighted by atomic mass is 10.1. The van der Waals surface area contributed by atoms with Crippen LogP contribution < -0.4 is 14.8 Å². The molecule has 7 heteroatoms. The molecule has 0 saturated heterocycles. The maximum atomic E-state index is 12.4. The van der Waals surface area contributed by atoms with Crippen LogP contribution in [-0.4, -0.2) is 27.0 Å². The van der Waals surface area contributed by atoms with Crippen LogP contribution in [0.2, 0.25) is 0 Å². The fraction of sp³-hybridized carbons (Fsp3) is 0.381. The average molecular weight is 403 g/mol. The average Bonchev–Trinajstić information content (AvgIpc) is 2.96. The molecular weight excluding hydrogens is 376 g/mol. The van der Waals surface area contributed by atoms with Crippen molar-refractivity contribution in [1.29, 1.82) is 0 Å². The van der Waals surface area contributed by atoms with Crippen LogP contribution in [0.3, 0.4) is 0 Å². The number of anilines is 1. The van der Waals surface area contributed by atoms with Crippen LogP contribution in [0.15, 0.2) is 59.5 Å². The summed E-state index contributed by atoms with van der Waals surface area (Å²) in [5.74, 6) is 0.309. The third kappa shape index (κ3) is 5.99. The number of para-hydroxylation sites is 1. The Morgan fingerprint density at radius 2 is 1.57 bits per heavy atom. The van der Waals surface area contributed by atoms with E-state index < -0.39 is 10.0 Å². The van der Waals surface area contributed by atoms with Gasteiger partial charge in [0.05, 0.1) is 4.90 Å². The third-order valence-electron chi connectivity index (χ3n) is 4.75. The van der Waals surface area contributed by atoms with Gasteiger partial charge in [0.25, 0.3) is 15.9 Å². The topological polar surface area (TPSA) is 84.5 Å². The van der Waals surface area contributed by atoms with Crippen molar-refractivity contribution >= 4 is 21.6 Å². The molecule has 0 unspecified atom stereocenters. The molecule has 0 radical (unpaired) electrons. The summed E-state index contributed by atoms with van der Waals surface area (Å²) < 4.78 is 32.8. The van der Waals surface area contributed by atoms with E-state index in [1.165, 1.54) is 25.0 Å². The molecule has 0 spiro atoms. The first kappa shape index (κ1) is 20.2. The summed E-state index contributed by atoms with van der Waals surface area (Å²) >= 11 is 0. The molecule has 1 amide bonds.